The zero-order valence-electron chi connectivity index (χ0n) is 13.1. The van der Waals surface area contributed by atoms with Crippen molar-refractivity contribution in [3.63, 3.8) is 0 Å². The lowest BCUT2D eigenvalue weighted by Crippen LogP contribution is -2.28. The Morgan fingerprint density at radius 2 is 1.95 bits per heavy atom. The highest BCUT2D eigenvalue weighted by molar-refractivity contribution is 7.89. The summed E-state index contributed by atoms with van der Waals surface area (Å²) < 4.78 is 30.2. The van der Waals surface area contributed by atoms with Gasteiger partial charge in [0, 0.05) is 27.2 Å². The largest absolute Gasteiger partial charge is 0.382 e. The van der Waals surface area contributed by atoms with Crippen LogP contribution in [0.15, 0.2) is 4.90 Å². The molecule has 1 aliphatic heterocycles. The lowest BCUT2D eigenvalue weighted by Gasteiger charge is -2.24. The van der Waals surface area contributed by atoms with E-state index < -0.39 is 10.0 Å². The average molecular weight is 332 g/mol. The molecule has 0 bridgehead atoms. The van der Waals surface area contributed by atoms with E-state index in [2.05, 4.69) is 23.1 Å². The Labute approximate surface area is 131 Å². The molecule has 0 saturated carbocycles. The molecule has 6 nitrogen and oxygen atoms in total. The van der Waals surface area contributed by atoms with Crippen molar-refractivity contribution in [1.29, 1.82) is 0 Å². The van der Waals surface area contributed by atoms with E-state index in [4.69, 9.17) is 5.73 Å². The van der Waals surface area contributed by atoms with Crippen LogP contribution < -0.4 is 10.6 Å². The molecule has 0 aromatic carbocycles. The Kier molecular flexibility index (Phi) is 4.51. The van der Waals surface area contributed by atoms with Crippen LogP contribution in [-0.4, -0.2) is 44.3 Å². The number of hydrogen-bond donors (Lipinski definition) is 1. The summed E-state index contributed by atoms with van der Waals surface area (Å²) in [6.45, 7) is 6.20. The fourth-order valence-corrected chi connectivity index (χ4v) is 4.81. The summed E-state index contributed by atoms with van der Waals surface area (Å²) in [5.74, 6) is 0.104. The molecule has 1 aromatic rings. The smallest absolute Gasteiger partial charge is 0.249 e. The normalized spacial score (nSPS) is 19.8. The topological polar surface area (TPSA) is 79.5 Å². The van der Waals surface area contributed by atoms with Crippen molar-refractivity contribution < 1.29 is 8.42 Å². The quantitative estimate of drug-likeness (QED) is 0.915. The van der Waals surface area contributed by atoms with Gasteiger partial charge in [0.15, 0.2) is 10.7 Å². The summed E-state index contributed by atoms with van der Waals surface area (Å²) in [5.41, 5.74) is 6.13. The summed E-state index contributed by atoms with van der Waals surface area (Å²) in [6.07, 6.45) is 3.23. The molecule has 0 amide bonds. The summed E-state index contributed by atoms with van der Waals surface area (Å²) in [5, 5.41) is 0.680. The fraction of sp³-hybridized carbons (Fsp3) is 0.769. The van der Waals surface area contributed by atoms with Gasteiger partial charge in [-0.05, 0) is 36.2 Å². The van der Waals surface area contributed by atoms with Crippen molar-refractivity contribution in [2.45, 2.75) is 38.0 Å². The molecule has 1 aromatic heterocycles. The third kappa shape index (κ3) is 3.32. The minimum Gasteiger partial charge on any atom is -0.382 e. The van der Waals surface area contributed by atoms with E-state index in [0.29, 0.717) is 10.4 Å². The second kappa shape index (κ2) is 5.73. The van der Waals surface area contributed by atoms with Gasteiger partial charge in [-0.25, -0.2) is 12.7 Å². The number of nitrogens with zero attached hydrogens (tertiary/aromatic N) is 3. The summed E-state index contributed by atoms with van der Waals surface area (Å²) >= 11 is 1.18. The molecule has 2 N–H and O–H groups in total. The van der Waals surface area contributed by atoms with Gasteiger partial charge in [-0.2, -0.15) is 4.37 Å². The molecular formula is C13H24N4O2S2. The monoisotopic (exact) mass is 332 g/mol. The Morgan fingerprint density at radius 3 is 2.57 bits per heavy atom. The van der Waals surface area contributed by atoms with Gasteiger partial charge in [0.2, 0.25) is 10.0 Å². The molecule has 2 heterocycles. The van der Waals surface area contributed by atoms with Gasteiger partial charge in [0.05, 0.1) is 0 Å². The minimum atomic E-state index is -3.57. The molecule has 21 heavy (non-hydrogen) atoms. The van der Waals surface area contributed by atoms with E-state index in [1.165, 1.54) is 29.9 Å². The van der Waals surface area contributed by atoms with Crippen LogP contribution in [0.2, 0.25) is 0 Å². The number of nitrogens with two attached hydrogens (primary N) is 1. The molecule has 1 aliphatic rings. The van der Waals surface area contributed by atoms with Crippen LogP contribution >= 0.6 is 11.5 Å². The first kappa shape index (κ1) is 16.5. The van der Waals surface area contributed by atoms with Crippen molar-refractivity contribution >= 4 is 32.4 Å². The Balaban J connectivity index is 2.38. The highest BCUT2D eigenvalue weighted by Crippen LogP contribution is 2.39. The van der Waals surface area contributed by atoms with E-state index in [1.54, 1.807) is 0 Å². The maximum Gasteiger partial charge on any atom is 0.249 e. The first-order chi connectivity index (χ1) is 9.65. The first-order valence-corrected chi connectivity index (χ1v) is 9.29. The highest BCUT2D eigenvalue weighted by Gasteiger charge is 2.32. The zero-order chi connectivity index (χ0) is 15.8. The molecule has 0 spiro atoms. The molecule has 8 heteroatoms. The molecule has 120 valence electrons. The number of anilines is 2. The van der Waals surface area contributed by atoms with Gasteiger partial charge in [0.25, 0.3) is 0 Å². The van der Waals surface area contributed by atoms with E-state index in [-0.39, 0.29) is 10.7 Å². The number of hydrogen-bond acceptors (Lipinski definition) is 6. The molecule has 0 unspecified atom stereocenters. The van der Waals surface area contributed by atoms with Crippen molar-refractivity contribution in [1.82, 2.24) is 8.68 Å². The Hall–Kier alpha value is -0.860. The van der Waals surface area contributed by atoms with E-state index in [9.17, 15) is 8.42 Å². The highest BCUT2D eigenvalue weighted by atomic mass is 32.2. The van der Waals surface area contributed by atoms with Gasteiger partial charge in [-0.3, -0.25) is 0 Å². The lowest BCUT2D eigenvalue weighted by molar-refractivity contribution is 0.325. The van der Waals surface area contributed by atoms with Gasteiger partial charge in [0.1, 0.15) is 5.00 Å². The molecule has 0 radical (unpaired) electrons. The number of nitrogen functional groups attached to an aromatic ring is 1. The number of rotatable bonds is 3. The standard InChI is InChI=1S/C13H24N4O2S2/c1-13(2)6-5-8-17(9-7-13)12-10(11(14)15-20-12)21(18,19)16(3)4/h5-9H2,1-4H3,(H2,14,15). The third-order valence-corrected chi connectivity index (χ3v) is 6.96. The molecule has 2 rings (SSSR count). The lowest BCUT2D eigenvalue weighted by atomic mass is 9.85. The molecular weight excluding hydrogens is 308 g/mol. The maximum atomic E-state index is 12.5. The molecule has 1 fully saturated rings. The minimum absolute atomic E-state index is 0.104. The predicted octanol–water partition coefficient (Wildman–Crippen LogP) is 1.99. The second-order valence-corrected chi connectivity index (χ2v) is 9.33. The molecule has 0 atom stereocenters. The van der Waals surface area contributed by atoms with Crippen LogP contribution in [0, 0.1) is 5.41 Å². The average Bonchev–Trinajstić information content (AvgIpc) is 2.66. The van der Waals surface area contributed by atoms with Gasteiger partial charge < -0.3 is 10.6 Å². The predicted molar refractivity (Wildman–Crippen MR) is 87.2 cm³/mol. The fourth-order valence-electron chi connectivity index (χ4n) is 2.54. The number of sulfonamides is 1. The number of aromatic nitrogens is 1. The van der Waals surface area contributed by atoms with Crippen molar-refractivity contribution in [2.24, 2.45) is 5.41 Å². The van der Waals surface area contributed by atoms with Crippen LogP contribution in [0.1, 0.15) is 33.1 Å². The molecule has 1 saturated heterocycles. The Morgan fingerprint density at radius 1 is 1.29 bits per heavy atom. The Bertz CT molecular complexity index is 608. The summed E-state index contributed by atoms with van der Waals surface area (Å²) in [6, 6.07) is 0. The van der Waals surface area contributed by atoms with E-state index in [1.807, 2.05) is 0 Å². The van der Waals surface area contributed by atoms with Crippen molar-refractivity contribution in [3.05, 3.63) is 0 Å². The van der Waals surface area contributed by atoms with Gasteiger partial charge in [-0.1, -0.05) is 13.8 Å². The van der Waals surface area contributed by atoms with Gasteiger partial charge in [-0.15, -0.1) is 0 Å². The molecule has 0 aliphatic carbocycles. The first-order valence-electron chi connectivity index (χ1n) is 7.08. The zero-order valence-corrected chi connectivity index (χ0v) is 14.7. The second-order valence-electron chi connectivity index (χ2n) is 6.49. The SMILES string of the molecule is CN(C)S(=O)(=O)c1c(N)nsc1N1CCCC(C)(C)CC1. The summed E-state index contributed by atoms with van der Waals surface area (Å²) in [7, 11) is -0.539. The van der Waals surface area contributed by atoms with Crippen LogP contribution in [0.5, 0.6) is 0 Å². The van der Waals surface area contributed by atoms with Crippen molar-refractivity contribution in [3.8, 4) is 0 Å². The van der Waals surface area contributed by atoms with E-state index >= 15 is 0 Å². The maximum absolute atomic E-state index is 12.5. The summed E-state index contributed by atoms with van der Waals surface area (Å²) in [4.78, 5) is 2.29. The third-order valence-electron chi connectivity index (χ3n) is 4.02. The van der Waals surface area contributed by atoms with Crippen LogP contribution in [0.4, 0.5) is 10.8 Å². The van der Waals surface area contributed by atoms with Crippen LogP contribution in [0.25, 0.3) is 0 Å². The van der Waals surface area contributed by atoms with Gasteiger partial charge >= 0.3 is 0 Å². The van der Waals surface area contributed by atoms with E-state index in [0.717, 1.165) is 32.4 Å². The van der Waals surface area contributed by atoms with Crippen molar-refractivity contribution in [2.75, 3.05) is 37.8 Å². The van der Waals surface area contributed by atoms with Crippen LogP contribution in [-0.2, 0) is 10.0 Å². The van der Waals surface area contributed by atoms with Crippen LogP contribution in [0.3, 0.4) is 0 Å².